The molecule has 0 saturated carbocycles. The Bertz CT molecular complexity index is 608. The normalized spacial score (nSPS) is 12.6. The van der Waals surface area contributed by atoms with Crippen LogP contribution in [0.25, 0.3) is 10.9 Å². The number of H-pyrrole nitrogens is 1. The third-order valence-electron chi connectivity index (χ3n) is 2.17. The Kier molecular flexibility index (Phi) is 2.36. The van der Waals surface area contributed by atoms with E-state index < -0.39 is 9.84 Å². The summed E-state index contributed by atoms with van der Waals surface area (Å²) in [5.41, 5.74) is 0.834. The summed E-state index contributed by atoms with van der Waals surface area (Å²) >= 11 is 0. The van der Waals surface area contributed by atoms with Crippen molar-refractivity contribution in [2.45, 2.75) is 11.8 Å². The van der Waals surface area contributed by atoms with Crippen molar-refractivity contribution in [1.82, 2.24) is 4.98 Å². The summed E-state index contributed by atoms with van der Waals surface area (Å²) in [6.07, 6.45) is 3.05. The maximum Gasteiger partial charge on any atom is 0.201 e. The Morgan fingerprint density at radius 3 is 2.73 bits per heavy atom. The SMILES string of the molecule is CC=CS(=O)(=O)c1c[nH]c2ccccc12. The molecule has 0 atom stereocenters. The van der Waals surface area contributed by atoms with Gasteiger partial charge in [-0.05, 0) is 13.0 Å². The Labute approximate surface area is 88.4 Å². The van der Waals surface area contributed by atoms with Crippen molar-refractivity contribution >= 4 is 20.7 Å². The number of benzene rings is 1. The van der Waals surface area contributed by atoms with Crippen LogP contribution in [0.5, 0.6) is 0 Å². The number of nitrogens with one attached hydrogen (secondary N) is 1. The van der Waals surface area contributed by atoms with Crippen molar-refractivity contribution in [2.75, 3.05) is 0 Å². The van der Waals surface area contributed by atoms with Crippen LogP contribution in [0.15, 0.2) is 46.8 Å². The highest BCUT2D eigenvalue weighted by Crippen LogP contribution is 2.23. The molecule has 78 valence electrons. The van der Waals surface area contributed by atoms with Gasteiger partial charge in [0.2, 0.25) is 9.84 Å². The minimum Gasteiger partial charge on any atom is -0.360 e. The third-order valence-corrected chi connectivity index (χ3v) is 3.75. The molecule has 0 aliphatic heterocycles. The van der Waals surface area contributed by atoms with E-state index in [0.717, 1.165) is 10.9 Å². The summed E-state index contributed by atoms with van der Waals surface area (Å²) in [6, 6.07) is 7.34. The molecule has 0 aliphatic carbocycles. The zero-order chi connectivity index (χ0) is 10.9. The fourth-order valence-corrected chi connectivity index (χ4v) is 2.75. The first kappa shape index (κ1) is 9.98. The van der Waals surface area contributed by atoms with Crippen LogP contribution in [0, 0.1) is 0 Å². The minimum absolute atomic E-state index is 0.330. The van der Waals surface area contributed by atoms with Crippen molar-refractivity contribution in [2.24, 2.45) is 0 Å². The molecule has 0 spiro atoms. The van der Waals surface area contributed by atoms with Crippen LogP contribution >= 0.6 is 0 Å². The van der Waals surface area contributed by atoms with Gasteiger partial charge in [0.1, 0.15) is 0 Å². The molecule has 1 aromatic heterocycles. The quantitative estimate of drug-likeness (QED) is 0.847. The number of hydrogen-bond acceptors (Lipinski definition) is 2. The average Bonchev–Trinajstić information content (AvgIpc) is 2.61. The summed E-state index contributed by atoms with van der Waals surface area (Å²) < 4.78 is 23.6. The zero-order valence-electron chi connectivity index (χ0n) is 8.27. The number of aromatic amines is 1. The Morgan fingerprint density at radius 2 is 2.00 bits per heavy atom. The second-order valence-electron chi connectivity index (χ2n) is 3.21. The van der Waals surface area contributed by atoms with Gasteiger partial charge < -0.3 is 4.98 Å². The average molecular weight is 221 g/mol. The van der Waals surface area contributed by atoms with Gasteiger partial charge >= 0.3 is 0 Å². The van der Waals surface area contributed by atoms with Crippen molar-refractivity contribution < 1.29 is 8.42 Å². The van der Waals surface area contributed by atoms with Gasteiger partial charge in [-0.3, -0.25) is 0 Å². The second-order valence-corrected chi connectivity index (χ2v) is 5.01. The van der Waals surface area contributed by atoms with E-state index in [4.69, 9.17) is 0 Å². The molecular formula is C11H11NO2S. The van der Waals surface area contributed by atoms with Crippen LogP contribution in [-0.2, 0) is 9.84 Å². The highest BCUT2D eigenvalue weighted by Gasteiger charge is 2.14. The fourth-order valence-electron chi connectivity index (χ4n) is 1.53. The van der Waals surface area contributed by atoms with E-state index >= 15 is 0 Å². The molecular weight excluding hydrogens is 210 g/mol. The summed E-state index contributed by atoms with van der Waals surface area (Å²) in [4.78, 5) is 3.27. The lowest BCUT2D eigenvalue weighted by Crippen LogP contribution is -1.94. The molecule has 15 heavy (non-hydrogen) atoms. The van der Waals surface area contributed by atoms with Gasteiger partial charge in [0.15, 0.2) is 0 Å². The Hall–Kier alpha value is -1.55. The Balaban J connectivity index is 2.73. The molecule has 0 aliphatic rings. The third kappa shape index (κ3) is 1.68. The Morgan fingerprint density at radius 1 is 1.27 bits per heavy atom. The maximum atomic E-state index is 11.8. The smallest absolute Gasteiger partial charge is 0.201 e. The van der Waals surface area contributed by atoms with E-state index in [1.807, 2.05) is 18.2 Å². The number of para-hydroxylation sites is 1. The number of rotatable bonds is 2. The lowest BCUT2D eigenvalue weighted by atomic mass is 10.2. The predicted octanol–water partition coefficient (Wildman–Crippen LogP) is 2.48. The van der Waals surface area contributed by atoms with E-state index in [0.29, 0.717) is 4.90 Å². The predicted molar refractivity (Wildman–Crippen MR) is 60.3 cm³/mol. The van der Waals surface area contributed by atoms with E-state index in [1.165, 1.54) is 17.7 Å². The summed E-state index contributed by atoms with van der Waals surface area (Å²) in [6.45, 7) is 1.69. The second kappa shape index (κ2) is 3.55. The van der Waals surface area contributed by atoms with Crippen LogP contribution in [0.2, 0.25) is 0 Å². The van der Waals surface area contributed by atoms with Gasteiger partial charge in [0.05, 0.1) is 4.90 Å². The van der Waals surface area contributed by atoms with E-state index in [2.05, 4.69) is 4.98 Å². The first-order chi connectivity index (χ1) is 7.15. The van der Waals surface area contributed by atoms with E-state index in [-0.39, 0.29) is 0 Å². The monoisotopic (exact) mass is 221 g/mol. The van der Waals surface area contributed by atoms with Gasteiger partial charge in [-0.25, -0.2) is 8.42 Å². The zero-order valence-corrected chi connectivity index (χ0v) is 9.08. The summed E-state index contributed by atoms with van der Waals surface area (Å²) in [5, 5.41) is 1.94. The molecule has 0 fully saturated rings. The first-order valence-electron chi connectivity index (χ1n) is 4.59. The molecule has 3 nitrogen and oxygen atoms in total. The van der Waals surface area contributed by atoms with Gasteiger partial charge in [0.25, 0.3) is 0 Å². The molecule has 0 amide bonds. The fraction of sp³-hybridized carbons (Fsp3) is 0.0909. The van der Waals surface area contributed by atoms with Gasteiger partial charge in [-0.15, -0.1) is 0 Å². The standard InChI is InChI=1S/C11H11NO2S/c1-2-7-15(13,14)11-8-12-10-6-4-3-5-9(10)11/h2-8,12H,1H3. The van der Waals surface area contributed by atoms with Crippen LogP contribution in [0.4, 0.5) is 0 Å². The van der Waals surface area contributed by atoms with Crippen LogP contribution in [0.1, 0.15) is 6.92 Å². The molecule has 1 N–H and O–H groups in total. The van der Waals surface area contributed by atoms with Gasteiger partial charge in [-0.2, -0.15) is 0 Å². The van der Waals surface area contributed by atoms with Gasteiger partial charge in [0, 0.05) is 22.5 Å². The largest absolute Gasteiger partial charge is 0.360 e. The number of aromatic nitrogens is 1. The van der Waals surface area contributed by atoms with Gasteiger partial charge in [-0.1, -0.05) is 24.3 Å². The molecule has 2 rings (SSSR count). The molecule has 0 radical (unpaired) electrons. The van der Waals surface area contributed by atoms with E-state index in [1.54, 1.807) is 13.0 Å². The molecule has 0 saturated heterocycles. The van der Waals surface area contributed by atoms with Crippen LogP contribution in [0.3, 0.4) is 0 Å². The maximum absolute atomic E-state index is 11.8. The molecule has 1 aromatic carbocycles. The lowest BCUT2D eigenvalue weighted by Gasteiger charge is -1.95. The molecule has 2 aromatic rings. The van der Waals surface area contributed by atoms with Crippen molar-refractivity contribution in [3.63, 3.8) is 0 Å². The number of hydrogen-bond donors (Lipinski definition) is 1. The highest BCUT2D eigenvalue weighted by atomic mass is 32.2. The number of allylic oxidation sites excluding steroid dienone is 1. The molecule has 4 heteroatoms. The first-order valence-corrected chi connectivity index (χ1v) is 6.13. The van der Waals surface area contributed by atoms with E-state index in [9.17, 15) is 8.42 Å². The number of sulfone groups is 1. The minimum atomic E-state index is -3.31. The molecule has 0 unspecified atom stereocenters. The summed E-state index contributed by atoms with van der Waals surface area (Å²) in [7, 11) is -3.31. The van der Waals surface area contributed by atoms with Crippen molar-refractivity contribution in [3.05, 3.63) is 41.9 Å². The van der Waals surface area contributed by atoms with Crippen molar-refractivity contribution in [1.29, 1.82) is 0 Å². The van der Waals surface area contributed by atoms with Crippen LogP contribution in [-0.4, -0.2) is 13.4 Å². The molecule has 0 bridgehead atoms. The summed E-state index contributed by atoms with van der Waals surface area (Å²) in [5.74, 6) is 0. The lowest BCUT2D eigenvalue weighted by molar-refractivity contribution is 0.605. The molecule has 1 heterocycles. The topological polar surface area (TPSA) is 49.9 Å². The van der Waals surface area contributed by atoms with Crippen LogP contribution < -0.4 is 0 Å². The number of fused-ring (bicyclic) bond motifs is 1. The van der Waals surface area contributed by atoms with Crippen molar-refractivity contribution in [3.8, 4) is 0 Å². The highest BCUT2D eigenvalue weighted by molar-refractivity contribution is 7.94.